The van der Waals surface area contributed by atoms with E-state index in [9.17, 15) is 10.1 Å². The number of pyridine rings is 1. The van der Waals surface area contributed by atoms with Gasteiger partial charge in [0.1, 0.15) is 0 Å². The van der Waals surface area contributed by atoms with Gasteiger partial charge < -0.3 is 4.57 Å². The van der Waals surface area contributed by atoms with Crippen molar-refractivity contribution in [1.29, 1.82) is 0 Å². The normalized spacial score (nSPS) is 10.1. The van der Waals surface area contributed by atoms with Crippen molar-refractivity contribution in [2.24, 2.45) is 0 Å². The minimum Gasteiger partial charge on any atom is -0.350 e. The topological polar surface area (TPSA) is 61.0 Å². The van der Waals surface area contributed by atoms with Crippen molar-refractivity contribution in [2.45, 2.75) is 6.54 Å². The van der Waals surface area contributed by atoms with E-state index in [0.717, 1.165) is 34.1 Å². The quantitative estimate of drug-likeness (QED) is 0.334. The first kappa shape index (κ1) is 20.4. The molecular weight excluding hydrogens is 385 g/mol. The Balaban J connectivity index is 0.00000131. The first-order valence-corrected chi connectivity index (χ1v) is 7.94. The molecule has 0 saturated heterocycles. The molecule has 2 aromatic heterocycles. The van der Waals surface area contributed by atoms with Crippen LogP contribution in [0, 0.1) is 10.1 Å². The van der Waals surface area contributed by atoms with Crippen LogP contribution in [0.5, 0.6) is 0 Å². The van der Waals surface area contributed by atoms with Gasteiger partial charge in [-0.15, -0.1) is 24.8 Å². The van der Waals surface area contributed by atoms with Gasteiger partial charge in [-0.3, -0.25) is 15.1 Å². The maximum atomic E-state index is 11.1. The lowest BCUT2D eigenvalue weighted by Crippen LogP contribution is -1.98. The Bertz CT molecular complexity index is 1070. The third-order valence-electron chi connectivity index (χ3n) is 4.16. The summed E-state index contributed by atoms with van der Waals surface area (Å²) in [5, 5.41) is 12.1. The van der Waals surface area contributed by atoms with Crippen LogP contribution in [0.1, 0.15) is 5.56 Å². The zero-order chi connectivity index (χ0) is 17.2. The summed E-state index contributed by atoms with van der Waals surface area (Å²) in [6, 6.07) is 18.8. The van der Waals surface area contributed by atoms with Crippen molar-refractivity contribution in [2.75, 3.05) is 0 Å². The fraction of sp³-hybridized carbons (Fsp3) is 0.0500. The van der Waals surface area contributed by atoms with Crippen LogP contribution < -0.4 is 0 Å². The second-order valence-corrected chi connectivity index (χ2v) is 5.88. The van der Waals surface area contributed by atoms with Gasteiger partial charge >= 0.3 is 0 Å². The number of halogens is 2. The summed E-state index contributed by atoms with van der Waals surface area (Å²) in [5.74, 6) is 0. The first-order valence-electron chi connectivity index (χ1n) is 7.94. The van der Waals surface area contributed by atoms with Crippen LogP contribution >= 0.6 is 24.8 Å². The van der Waals surface area contributed by atoms with E-state index in [4.69, 9.17) is 0 Å². The molecule has 0 fully saturated rings. The van der Waals surface area contributed by atoms with Crippen LogP contribution in [0.4, 0.5) is 5.69 Å². The molecule has 0 aliphatic rings. The predicted octanol–water partition coefficient (Wildman–Crippen LogP) is 5.50. The molecule has 0 saturated carbocycles. The molecule has 2 heterocycles. The Morgan fingerprint density at radius 3 is 2.48 bits per heavy atom. The van der Waals surface area contributed by atoms with Gasteiger partial charge in [0.25, 0.3) is 5.69 Å². The van der Waals surface area contributed by atoms with Gasteiger partial charge in [0.2, 0.25) is 0 Å². The Morgan fingerprint density at radius 1 is 0.963 bits per heavy atom. The van der Waals surface area contributed by atoms with Gasteiger partial charge in [0, 0.05) is 48.2 Å². The van der Waals surface area contributed by atoms with Gasteiger partial charge in [0.05, 0.1) is 10.4 Å². The van der Waals surface area contributed by atoms with Crippen molar-refractivity contribution in [3.63, 3.8) is 0 Å². The van der Waals surface area contributed by atoms with Gasteiger partial charge in [-0.25, -0.2) is 0 Å². The second kappa shape index (κ2) is 8.66. The highest BCUT2D eigenvalue weighted by Crippen LogP contribution is 2.31. The summed E-state index contributed by atoms with van der Waals surface area (Å²) in [5.41, 5.74) is 3.76. The minimum atomic E-state index is -0.372. The Kier molecular flexibility index (Phi) is 6.55. The van der Waals surface area contributed by atoms with E-state index in [0.29, 0.717) is 0 Å². The Hall–Kier alpha value is -2.89. The van der Waals surface area contributed by atoms with Gasteiger partial charge in [-0.2, -0.15) is 0 Å². The molecule has 7 heteroatoms. The number of nitro benzene ring substituents is 1. The predicted molar refractivity (Wildman–Crippen MR) is 112 cm³/mol. The van der Waals surface area contributed by atoms with E-state index >= 15 is 0 Å². The molecule has 0 bridgehead atoms. The van der Waals surface area contributed by atoms with Crippen LogP contribution in [0.3, 0.4) is 0 Å². The van der Waals surface area contributed by atoms with E-state index in [1.54, 1.807) is 18.3 Å². The molecule has 4 aromatic rings. The monoisotopic (exact) mass is 401 g/mol. The Labute approximate surface area is 168 Å². The fourth-order valence-corrected chi connectivity index (χ4v) is 3.04. The number of non-ortho nitro benzene ring substituents is 1. The number of fused-ring (bicyclic) bond motifs is 1. The molecular formula is C20H17Cl2N3O2. The lowest BCUT2D eigenvalue weighted by Gasteiger charge is -2.11. The van der Waals surface area contributed by atoms with E-state index in [-0.39, 0.29) is 35.4 Å². The lowest BCUT2D eigenvalue weighted by atomic mass is 9.98. The van der Waals surface area contributed by atoms with Gasteiger partial charge in [-0.05, 0) is 41.5 Å². The smallest absolute Gasteiger partial charge is 0.270 e. The van der Waals surface area contributed by atoms with Crippen molar-refractivity contribution in [1.82, 2.24) is 9.55 Å². The van der Waals surface area contributed by atoms with E-state index < -0.39 is 0 Å². The van der Waals surface area contributed by atoms with Crippen molar-refractivity contribution in [3.05, 3.63) is 94.9 Å². The minimum absolute atomic E-state index is 0. The molecule has 4 rings (SSSR count). The van der Waals surface area contributed by atoms with Crippen LogP contribution in [0.2, 0.25) is 0 Å². The summed E-state index contributed by atoms with van der Waals surface area (Å²) in [7, 11) is 0. The second-order valence-electron chi connectivity index (χ2n) is 5.88. The molecule has 0 atom stereocenters. The van der Waals surface area contributed by atoms with Crippen molar-refractivity contribution >= 4 is 41.4 Å². The molecule has 0 spiro atoms. The lowest BCUT2D eigenvalue weighted by molar-refractivity contribution is -0.384. The van der Waals surface area contributed by atoms with E-state index in [2.05, 4.69) is 21.7 Å². The fourth-order valence-electron chi connectivity index (χ4n) is 3.04. The highest BCUT2D eigenvalue weighted by atomic mass is 35.5. The SMILES string of the molecule is Cl.Cl.O=[N+]([O-])c1cccc(-c2cc(Cn3cccc3)cc3cccnc23)c1. The summed E-state index contributed by atoms with van der Waals surface area (Å²) in [6.45, 7) is 0.736. The molecule has 0 N–H and O–H groups in total. The molecule has 0 radical (unpaired) electrons. The zero-order valence-corrected chi connectivity index (χ0v) is 15.8. The number of nitro groups is 1. The number of hydrogen-bond donors (Lipinski definition) is 0. The first-order chi connectivity index (χ1) is 12.2. The number of hydrogen-bond acceptors (Lipinski definition) is 3. The summed E-state index contributed by atoms with van der Waals surface area (Å²) in [4.78, 5) is 15.2. The molecule has 138 valence electrons. The van der Waals surface area contributed by atoms with Crippen LogP contribution in [0.15, 0.2) is 79.3 Å². The highest BCUT2D eigenvalue weighted by molar-refractivity contribution is 5.94. The van der Waals surface area contributed by atoms with Crippen LogP contribution in [-0.2, 0) is 6.54 Å². The third-order valence-corrected chi connectivity index (χ3v) is 4.16. The maximum Gasteiger partial charge on any atom is 0.270 e. The molecule has 0 unspecified atom stereocenters. The highest BCUT2D eigenvalue weighted by Gasteiger charge is 2.12. The molecule has 0 amide bonds. The average Bonchev–Trinajstić information content (AvgIpc) is 3.14. The summed E-state index contributed by atoms with van der Waals surface area (Å²) >= 11 is 0. The molecule has 2 aromatic carbocycles. The van der Waals surface area contributed by atoms with Crippen molar-refractivity contribution < 1.29 is 4.92 Å². The summed E-state index contributed by atoms with van der Waals surface area (Å²) in [6.07, 6.45) is 5.77. The molecule has 0 aliphatic heterocycles. The van der Waals surface area contributed by atoms with E-state index in [1.165, 1.54) is 6.07 Å². The van der Waals surface area contributed by atoms with Gasteiger partial charge in [-0.1, -0.05) is 18.2 Å². The zero-order valence-electron chi connectivity index (χ0n) is 14.2. The van der Waals surface area contributed by atoms with Gasteiger partial charge in [0.15, 0.2) is 0 Å². The van der Waals surface area contributed by atoms with E-state index in [1.807, 2.05) is 42.7 Å². The number of rotatable bonds is 4. The maximum absolute atomic E-state index is 11.1. The molecule has 0 aliphatic carbocycles. The average molecular weight is 402 g/mol. The third kappa shape index (κ3) is 4.27. The van der Waals surface area contributed by atoms with Crippen molar-refractivity contribution in [3.8, 4) is 11.1 Å². The molecule has 27 heavy (non-hydrogen) atoms. The Morgan fingerprint density at radius 2 is 1.74 bits per heavy atom. The molecule has 5 nitrogen and oxygen atoms in total. The number of benzene rings is 2. The summed E-state index contributed by atoms with van der Waals surface area (Å²) < 4.78 is 2.09. The standard InChI is InChI=1S/C20H15N3O2.2ClH/c24-23(25)18-7-3-5-16(13-18)19-12-15(14-22-9-1-2-10-22)11-17-6-4-8-21-20(17)19;;/h1-13H,14H2;2*1H. The van der Waals surface area contributed by atoms with Crippen LogP contribution in [-0.4, -0.2) is 14.5 Å². The number of nitrogens with zero attached hydrogens (tertiary/aromatic N) is 3. The van der Waals surface area contributed by atoms with Crippen LogP contribution in [0.25, 0.3) is 22.0 Å². The number of aromatic nitrogens is 2. The largest absolute Gasteiger partial charge is 0.350 e.